The monoisotopic (exact) mass is 661 g/mol. The number of aliphatic carboxylic acids is 1. The number of aryl methyl sites for hydroxylation is 2. The molecule has 0 saturated heterocycles. The Balaban J connectivity index is 1.17. The van der Waals surface area contributed by atoms with Gasteiger partial charge in [-0.3, -0.25) is 0 Å². The van der Waals surface area contributed by atoms with Gasteiger partial charge in [-0.1, -0.05) is 97.1 Å². The molecule has 8 rings (SSSR count). The second-order valence-electron chi connectivity index (χ2n) is 12.9. The van der Waals surface area contributed by atoms with Gasteiger partial charge in [0.05, 0.1) is 6.04 Å². The fourth-order valence-corrected chi connectivity index (χ4v) is 7.48. The first-order valence-corrected chi connectivity index (χ1v) is 17.2. The number of rotatable bonds is 9. The highest BCUT2D eigenvalue weighted by molar-refractivity contribution is 6.13. The van der Waals surface area contributed by atoms with Crippen LogP contribution in [-0.2, 0) is 17.6 Å². The third-order valence-electron chi connectivity index (χ3n) is 9.77. The molecule has 0 bridgehead atoms. The predicted molar refractivity (Wildman–Crippen MR) is 208 cm³/mol. The van der Waals surface area contributed by atoms with Crippen LogP contribution in [0.25, 0.3) is 21.5 Å². The summed E-state index contributed by atoms with van der Waals surface area (Å²) < 4.78 is 0. The van der Waals surface area contributed by atoms with Crippen LogP contribution in [0.2, 0.25) is 0 Å². The van der Waals surface area contributed by atoms with Crippen molar-refractivity contribution in [2.45, 2.75) is 25.3 Å². The Kier molecular flexibility index (Phi) is 8.49. The summed E-state index contributed by atoms with van der Waals surface area (Å²) in [6.07, 6.45) is 13.9. The number of nitrogens with zero attached hydrogens (tertiary/aromatic N) is 3. The zero-order chi connectivity index (χ0) is 34.7. The summed E-state index contributed by atoms with van der Waals surface area (Å²) in [5.41, 5.74) is 9.16. The van der Waals surface area contributed by atoms with Crippen LogP contribution in [0, 0.1) is 11.3 Å². The van der Waals surface area contributed by atoms with Crippen LogP contribution in [-0.4, -0.2) is 17.1 Å². The van der Waals surface area contributed by atoms with Crippen molar-refractivity contribution in [3.63, 3.8) is 0 Å². The number of hydrogen-bond donors (Lipinski definition) is 1. The zero-order valence-electron chi connectivity index (χ0n) is 28.0. The SMILES string of the molecule is N#C/C(=C\C=C\C1=CCC(N(c2ccccc2)c2cc3c4c(ccc5cc(N(c6ccccc6)c6ccccc6)cc(c54)CC3)c2)C=C1)C(=O)O. The van der Waals surface area contributed by atoms with Crippen molar-refractivity contribution in [3.05, 3.63) is 186 Å². The third kappa shape index (κ3) is 6.20. The summed E-state index contributed by atoms with van der Waals surface area (Å²) in [4.78, 5) is 15.9. The van der Waals surface area contributed by atoms with Crippen LogP contribution in [0.3, 0.4) is 0 Å². The smallest absolute Gasteiger partial charge is 0.346 e. The van der Waals surface area contributed by atoms with Gasteiger partial charge in [0.1, 0.15) is 11.6 Å². The van der Waals surface area contributed by atoms with E-state index in [9.17, 15) is 4.79 Å². The maximum Gasteiger partial charge on any atom is 0.346 e. The van der Waals surface area contributed by atoms with Gasteiger partial charge >= 0.3 is 5.97 Å². The highest BCUT2D eigenvalue weighted by Gasteiger charge is 2.24. The number of hydrogen-bond acceptors (Lipinski definition) is 4. The standard InChI is InChI=1S/C46H35N3O2/c47-31-37(46(50)51)12-10-11-32-19-25-41(26-20-32)49(40-17-8-3-9-18-40)43-29-35-23-21-33-27-42(28-34-22-24-36(30-43)45(35)44(33)34)48(38-13-4-1-5-14-38)39-15-6-2-7-16-39/h1-21,23,25,27-30,41H,22,24,26H2,(H,50,51)/b11-10+,37-12+. The lowest BCUT2D eigenvalue weighted by molar-refractivity contribution is -0.132. The number of carboxylic acids is 1. The van der Waals surface area contributed by atoms with Gasteiger partial charge in [0.25, 0.3) is 0 Å². The van der Waals surface area contributed by atoms with E-state index in [1.165, 1.54) is 44.4 Å². The van der Waals surface area contributed by atoms with E-state index in [4.69, 9.17) is 10.4 Å². The van der Waals surface area contributed by atoms with E-state index >= 15 is 0 Å². The molecule has 5 heteroatoms. The maximum atomic E-state index is 11.2. The first-order valence-electron chi connectivity index (χ1n) is 17.2. The van der Waals surface area contributed by atoms with Crippen LogP contribution < -0.4 is 9.80 Å². The number of nitriles is 1. The number of benzene rings is 6. The minimum absolute atomic E-state index is 0.0857. The molecule has 0 heterocycles. The van der Waals surface area contributed by atoms with Crippen molar-refractivity contribution in [1.29, 1.82) is 5.26 Å². The fourth-order valence-electron chi connectivity index (χ4n) is 7.48. The van der Waals surface area contributed by atoms with Crippen molar-refractivity contribution < 1.29 is 9.90 Å². The Morgan fingerprint density at radius 1 is 0.706 bits per heavy atom. The number of carboxylic acid groups (broad SMARTS) is 1. The van der Waals surface area contributed by atoms with Crippen molar-refractivity contribution in [1.82, 2.24) is 0 Å². The van der Waals surface area contributed by atoms with E-state index < -0.39 is 5.97 Å². The summed E-state index contributed by atoms with van der Waals surface area (Å²) in [5.74, 6) is -1.23. The molecule has 0 aliphatic heterocycles. The van der Waals surface area contributed by atoms with Crippen LogP contribution in [0.5, 0.6) is 0 Å². The highest BCUT2D eigenvalue weighted by Crippen LogP contribution is 2.44. The molecule has 1 N–H and O–H groups in total. The molecule has 0 aromatic heterocycles. The van der Waals surface area contributed by atoms with E-state index in [1.54, 1.807) is 12.1 Å². The molecule has 246 valence electrons. The normalized spacial score (nSPS) is 15.2. The zero-order valence-corrected chi connectivity index (χ0v) is 28.0. The molecule has 0 saturated carbocycles. The molecular weight excluding hydrogens is 627 g/mol. The molecule has 0 radical (unpaired) electrons. The van der Waals surface area contributed by atoms with Gasteiger partial charge < -0.3 is 14.9 Å². The largest absolute Gasteiger partial charge is 0.477 e. The first-order chi connectivity index (χ1) is 25.1. The second-order valence-corrected chi connectivity index (χ2v) is 12.9. The van der Waals surface area contributed by atoms with Crippen molar-refractivity contribution in [2.24, 2.45) is 0 Å². The minimum atomic E-state index is -1.23. The van der Waals surface area contributed by atoms with E-state index in [0.717, 1.165) is 47.6 Å². The summed E-state index contributed by atoms with van der Waals surface area (Å²) in [6.45, 7) is 0. The molecule has 1 atom stereocenters. The fraction of sp³-hybridized carbons (Fsp3) is 0.0870. The predicted octanol–water partition coefficient (Wildman–Crippen LogP) is 11.0. The molecular formula is C46H35N3O2. The Morgan fingerprint density at radius 3 is 1.78 bits per heavy atom. The van der Waals surface area contributed by atoms with Crippen LogP contribution in [0.1, 0.15) is 17.5 Å². The van der Waals surface area contributed by atoms with Crippen molar-refractivity contribution in [3.8, 4) is 6.07 Å². The molecule has 6 aromatic carbocycles. The second kappa shape index (κ2) is 13.7. The van der Waals surface area contributed by atoms with Crippen molar-refractivity contribution >= 4 is 56.0 Å². The minimum Gasteiger partial charge on any atom is -0.477 e. The number of allylic oxidation sites excluding steroid dienone is 5. The molecule has 6 aromatic rings. The molecule has 0 spiro atoms. The third-order valence-corrected chi connectivity index (χ3v) is 9.77. The summed E-state index contributed by atoms with van der Waals surface area (Å²) in [7, 11) is 0. The molecule has 0 amide bonds. The average molecular weight is 662 g/mol. The lowest BCUT2D eigenvalue weighted by atomic mass is 9.85. The van der Waals surface area contributed by atoms with Gasteiger partial charge in [0.2, 0.25) is 0 Å². The lowest BCUT2D eigenvalue weighted by Gasteiger charge is -2.34. The Morgan fingerprint density at radius 2 is 1.25 bits per heavy atom. The number of carbonyl (C=O) groups is 1. The molecule has 1 unspecified atom stereocenters. The Labute approximate surface area is 297 Å². The molecule has 51 heavy (non-hydrogen) atoms. The lowest BCUT2D eigenvalue weighted by Crippen LogP contribution is -2.30. The van der Waals surface area contributed by atoms with E-state index in [1.807, 2.05) is 12.1 Å². The van der Waals surface area contributed by atoms with Crippen LogP contribution in [0.4, 0.5) is 28.4 Å². The molecule has 2 aliphatic rings. The molecule has 0 fully saturated rings. The quantitative estimate of drug-likeness (QED) is 0.0723. The summed E-state index contributed by atoms with van der Waals surface area (Å²) in [5, 5.41) is 23.4. The maximum absolute atomic E-state index is 11.2. The van der Waals surface area contributed by atoms with Gasteiger partial charge in [0.15, 0.2) is 0 Å². The number of anilines is 5. The van der Waals surface area contributed by atoms with E-state index in [-0.39, 0.29) is 11.6 Å². The van der Waals surface area contributed by atoms with Gasteiger partial charge in [-0.25, -0.2) is 4.79 Å². The average Bonchev–Trinajstić information content (AvgIpc) is 3.17. The van der Waals surface area contributed by atoms with E-state index in [2.05, 4.69) is 149 Å². The van der Waals surface area contributed by atoms with Gasteiger partial charge in [0, 0.05) is 28.4 Å². The molecule has 2 aliphatic carbocycles. The Bertz CT molecular complexity index is 2400. The summed E-state index contributed by atoms with van der Waals surface area (Å²) >= 11 is 0. The van der Waals surface area contributed by atoms with Gasteiger partial charge in [-0.05, 0) is 124 Å². The van der Waals surface area contributed by atoms with Crippen molar-refractivity contribution in [2.75, 3.05) is 9.80 Å². The molecule has 5 nitrogen and oxygen atoms in total. The van der Waals surface area contributed by atoms with E-state index in [0.29, 0.717) is 0 Å². The highest BCUT2D eigenvalue weighted by atomic mass is 16.4. The van der Waals surface area contributed by atoms with Gasteiger partial charge in [-0.15, -0.1) is 0 Å². The Hall–Kier alpha value is -6.64. The number of para-hydroxylation sites is 3. The van der Waals surface area contributed by atoms with Crippen LogP contribution in [0.15, 0.2) is 175 Å². The summed E-state index contributed by atoms with van der Waals surface area (Å²) in [6, 6.07) is 47.5. The van der Waals surface area contributed by atoms with Crippen LogP contribution >= 0.6 is 0 Å². The topological polar surface area (TPSA) is 67.6 Å². The first kappa shape index (κ1) is 31.6. The van der Waals surface area contributed by atoms with Gasteiger partial charge in [-0.2, -0.15) is 5.26 Å².